The summed E-state index contributed by atoms with van der Waals surface area (Å²) < 4.78 is 0. The molecule has 0 radical (unpaired) electrons. The molecule has 0 amide bonds. The Morgan fingerprint density at radius 2 is 1.50 bits per heavy atom. The summed E-state index contributed by atoms with van der Waals surface area (Å²) in [4.78, 5) is 28.4. The lowest BCUT2D eigenvalue weighted by Gasteiger charge is -2.03. The molecule has 0 rings (SSSR count). The van der Waals surface area contributed by atoms with E-state index in [9.17, 15) is 9.59 Å². The van der Waals surface area contributed by atoms with Gasteiger partial charge in [-0.1, -0.05) is 0 Å². The number of hydrogen-bond donors (Lipinski definition) is 3. The zero-order chi connectivity index (χ0) is 13.0. The molecule has 0 aromatic carbocycles. The van der Waals surface area contributed by atoms with Crippen LogP contribution in [0.2, 0.25) is 0 Å². The van der Waals surface area contributed by atoms with Gasteiger partial charge >= 0.3 is 11.9 Å². The van der Waals surface area contributed by atoms with Gasteiger partial charge in [0.25, 0.3) is 0 Å². The summed E-state index contributed by atoms with van der Waals surface area (Å²) in [7, 11) is 0. The largest absolute Gasteiger partial charge is 0.481 e. The first-order valence-electron chi connectivity index (χ1n) is 4.27. The molecule has 3 N–H and O–H groups in total. The molecule has 0 aliphatic rings. The molecule has 0 bridgehead atoms. The Kier molecular flexibility index (Phi) is 11.1. The average Bonchev–Trinajstić information content (AvgIpc) is 2.18. The van der Waals surface area contributed by atoms with Gasteiger partial charge in [0, 0.05) is 18.8 Å². The van der Waals surface area contributed by atoms with E-state index in [-0.39, 0.29) is 25.7 Å². The Morgan fingerprint density at radius 3 is 1.69 bits per heavy atom. The fourth-order valence-corrected chi connectivity index (χ4v) is 0.869. The number of carboxylic acids is 2. The van der Waals surface area contributed by atoms with Gasteiger partial charge in [0.15, 0.2) is 5.34 Å². The lowest BCUT2D eigenvalue weighted by Crippen LogP contribution is -2.05. The molecule has 0 aromatic heterocycles. The van der Waals surface area contributed by atoms with Crippen LogP contribution in [0.5, 0.6) is 0 Å². The number of hydrogen-bond acceptors (Lipinski definition) is 5. The van der Waals surface area contributed by atoms with E-state index in [4.69, 9.17) is 25.6 Å². The van der Waals surface area contributed by atoms with Gasteiger partial charge in [-0.25, -0.2) is 0 Å². The summed E-state index contributed by atoms with van der Waals surface area (Å²) in [5, 5.41) is 33.0. The maximum atomic E-state index is 10.1. The molecule has 90 valence electrons. The first-order chi connectivity index (χ1) is 7.47. The molecule has 0 spiro atoms. The van der Waals surface area contributed by atoms with Gasteiger partial charge in [0.05, 0.1) is 6.07 Å². The van der Waals surface area contributed by atoms with Crippen LogP contribution in [0.4, 0.5) is 0 Å². The van der Waals surface area contributed by atoms with Gasteiger partial charge < -0.3 is 15.4 Å². The third kappa shape index (κ3) is 14.4. The minimum Gasteiger partial charge on any atom is -0.481 e. The maximum absolute atomic E-state index is 10.1. The van der Waals surface area contributed by atoms with Gasteiger partial charge in [-0.15, -0.1) is 4.91 Å². The number of carboxylic acid groups (broad SMARTS) is 2. The van der Waals surface area contributed by atoms with E-state index >= 15 is 0 Å². The third-order valence-electron chi connectivity index (χ3n) is 1.60. The number of nitrogens with zero attached hydrogens (tertiary/aromatic N) is 2. The zero-order valence-corrected chi connectivity index (χ0v) is 8.37. The molecular formula is C8H12N2O6. The second-order valence-electron chi connectivity index (χ2n) is 2.77. The topological polar surface area (TPSA) is 148 Å². The van der Waals surface area contributed by atoms with Crippen molar-refractivity contribution in [3.05, 3.63) is 4.91 Å². The monoisotopic (exact) mass is 232 g/mol. The molecule has 0 atom stereocenters. The second kappa shape index (κ2) is 10.9. The van der Waals surface area contributed by atoms with Crippen LogP contribution in [0.25, 0.3) is 0 Å². The predicted molar refractivity (Wildman–Crippen MR) is 50.4 cm³/mol. The minimum absolute atomic E-state index is 0.0855. The smallest absolute Gasteiger partial charge is 0.303 e. The molecule has 0 aliphatic carbocycles. The SMILES string of the molecule is N#CC(CCC(=O)O)CCC(=O)O.O=NO. The summed E-state index contributed by atoms with van der Waals surface area (Å²) in [6, 6.07) is 1.89. The normalized spacial score (nSPS) is 8.50. The Hall–Kier alpha value is -2.17. The van der Waals surface area contributed by atoms with Crippen molar-refractivity contribution in [2.24, 2.45) is 11.3 Å². The lowest BCUT2D eigenvalue weighted by atomic mass is 9.99. The van der Waals surface area contributed by atoms with E-state index in [1.165, 1.54) is 5.34 Å². The van der Waals surface area contributed by atoms with Gasteiger partial charge in [-0.05, 0) is 12.8 Å². The molecule has 8 heteroatoms. The van der Waals surface area contributed by atoms with E-state index in [2.05, 4.69) is 0 Å². The van der Waals surface area contributed by atoms with Gasteiger partial charge in [0.2, 0.25) is 0 Å². The summed E-state index contributed by atoms with van der Waals surface area (Å²) >= 11 is 0. The van der Waals surface area contributed by atoms with Crippen molar-refractivity contribution in [2.75, 3.05) is 0 Å². The standard InChI is InChI=1S/C8H11NO4.HNO2/c9-5-6(1-3-7(10)11)2-4-8(12)13;2-1-3/h6H,1-4H2,(H,10,11)(H,12,13);(H,2,3). The van der Waals surface area contributed by atoms with Crippen LogP contribution >= 0.6 is 0 Å². The highest BCUT2D eigenvalue weighted by Gasteiger charge is 2.11. The molecule has 0 heterocycles. The highest BCUT2D eigenvalue weighted by atomic mass is 16.6. The second-order valence-corrected chi connectivity index (χ2v) is 2.77. The molecule has 0 aromatic rings. The van der Waals surface area contributed by atoms with Crippen LogP contribution < -0.4 is 0 Å². The Balaban J connectivity index is 0. The molecule has 0 saturated heterocycles. The van der Waals surface area contributed by atoms with E-state index in [0.717, 1.165) is 0 Å². The Labute approximate surface area is 91.0 Å². The number of nitriles is 1. The van der Waals surface area contributed by atoms with Crippen LogP contribution in [-0.2, 0) is 9.59 Å². The molecule has 0 saturated carbocycles. The van der Waals surface area contributed by atoms with Crippen molar-refractivity contribution >= 4 is 11.9 Å². The predicted octanol–water partition coefficient (Wildman–Crippen LogP) is 0.998. The highest BCUT2D eigenvalue weighted by molar-refractivity contribution is 5.67. The van der Waals surface area contributed by atoms with Crippen molar-refractivity contribution in [1.82, 2.24) is 0 Å². The van der Waals surface area contributed by atoms with Crippen molar-refractivity contribution < 1.29 is 25.0 Å². The van der Waals surface area contributed by atoms with Crippen molar-refractivity contribution in [1.29, 1.82) is 5.26 Å². The van der Waals surface area contributed by atoms with E-state index in [1.54, 1.807) is 0 Å². The van der Waals surface area contributed by atoms with E-state index in [1.807, 2.05) is 6.07 Å². The molecule has 16 heavy (non-hydrogen) atoms. The molecule has 8 nitrogen and oxygen atoms in total. The third-order valence-corrected chi connectivity index (χ3v) is 1.60. The first kappa shape index (κ1) is 16.3. The molecule has 0 fully saturated rings. The summed E-state index contributed by atoms with van der Waals surface area (Å²) in [6.07, 6.45) is 0.272. The van der Waals surface area contributed by atoms with Gasteiger partial charge in [-0.3, -0.25) is 9.59 Å². The van der Waals surface area contributed by atoms with E-state index < -0.39 is 17.9 Å². The van der Waals surface area contributed by atoms with Crippen LogP contribution in [0.1, 0.15) is 25.7 Å². The molecular weight excluding hydrogens is 220 g/mol. The zero-order valence-electron chi connectivity index (χ0n) is 8.37. The fourth-order valence-electron chi connectivity index (χ4n) is 0.869. The van der Waals surface area contributed by atoms with Crippen molar-refractivity contribution in [2.45, 2.75) is 25.7 Å². The van der Waals surface area contributed by atoms with Crippen LogP contribution in [0.3, 0.4) is 0 Å². The number of carbonyl (C=O) groups is 2. The molecule has 0 unspecified atom stereocenters. The van der Waals surface area contributed by atoms with Crippen LogP contribution in [-0.4, -0.2) is 27.4 Å². The van der Waals surface area contributed by atoms with Gasteiger partial charge in [-0.2, -0.15) is 5.26 Å². The van der Waals surface area contributed by atoms with Crippen molar-refractivity contribution in [3.8, 4) is 6.07 Å². The van der Waals surface area contributed by atoms with Crippen LogP contribution in [0, 0.1) is 22.2 Å². The summed E-state index contributed by atoms with van der Waals surface area (Å²) in [5.74, 6) is -2.39. The molecule has 0 aliphatic heterocycles. The summed E-state index contributed by atoms with van der Waals surface area (Å²) in [6.45, 7) is 0. The maximum Gasteiger partial charge on any atom is 0.303 e. The Bertz CT molecular complexity index is 254. The fraction of sp³-hybridized carbons (Fsp3) is 0.625. The number of rotatable bonds is 6. The lowest BCUT2D eigenvalue weighted by molar-refractivity contribution is -0.137. The average molecular weight is 232 g/mol. The van der Waals surface area contributed by atoms with E-state index in [0.29, 0.717) is 0 Å². The summed E-state index contributed by atoms with van der Waals surface area (Å²) in [5.41, 5.74) is 0. The number of aliphatic carboxylic acids is 2. The quantitative estimate of drug-likeness (QED) is 0.456. The van der Waals surface area contributed by atoms with Gasteiger partial charge in [0.1, 0.15) is 0 Å². The first-order valence-corrected chi connectivity index (χ1v) is 4.27. The highest BCUT2D eigenvalue weighted by Crippen LogP contribution is 2.12. The van der Waals surface area contributed by atoms with Crippen molar-refractivity contribution in [3.63, 3.8) is 0 Å². The Morgan fingerprint density at radius 1 is 1.19 bits per heavy atom. The van der Waals surface area contributed by atoms with Crippen LogP contribution in [0.15, 0.2) is 5.34 Å². The minimum atomic E-state index is -0.962.